The minimum absolute atomic E-state index is 0.0107. The Morgan fingerprint density at radius 3 is 2.58 bits per heavy atom. The van der Waals surface area contributed by atoms with Gasteiger partial charge in [-0.3, -0.25) is 9.59 Å². The third kappa shape index (κ3) is 6.50. The van der Waals surface area contributed by atoms with Crippen molar-refractivity contribution in [1.29, 1.82) is 0 Å². The molecule has 2 N–H and O–H groups in total. The molecule has 0 unspecified atom stereocenters. The number of amides is 2. The first-order valence-electron chi connectivity index (χ1n) is 14.3. The van der Waals surface area contributed by atoms with Gasteiger partial charge < -0.3 is 24.6 Å². The molecule has 0 saturated carbocycles. The SMILES string of the molecule is Cc1noc(C)c1S(=O)(=O)N(C)C[C@H]1Oc2c(NC(=O)c3ccc(-c4nccs4)cc3)cccc2C(=O)N([C@H](C)CO)C[C@H]1C. The number of sulfonamides is 1. The van der Waals surface area contributed by atoms with E-state index >= 15 is 0 Å². The topological polar surface area (TPSA) is 155 Å². The number of hydrogen-bond donors (Lipinski definition) is 2. The molecule has 5 rings (SSSR count). The first kappa shape index (κ1) is 32.3. The molecule has 0 aliphatic carbocycles. The van der Waals surface area contributed by atoms with Crippen LogP contribution in [0.25, 0.3) is 10.6 Å². The van der Waals surface area contributed by atoms with E-state index in [2.05, 4.69) is 15.5 Å². The lowest BCUT2D eigenvalue weighted by molar-refractivity contribution is 0.0388. The molecular formula is C31H35N5O7S2. The zero-order valence-electron chi connectivity index (χ0n) is 25.6. The van der Waals surface area contributed by atoms with Crippen molar-refractivity contribution in [3.05, 3.63) is 76.6 Å². The summed E-state index contributed by atoms with van der Waals surface area (Å²) < 4.78 is 39.9. The van der Waals surface area contributed by atoms with Gasteiger partial charge in [-0.05, 0) is 45.0 Å². The van der Waals surface area contributed by atoms with Crippen LogP contribution in [0, 0.1) is 19.8 Å². The van der Waals surface area contributed by atoms with E-state index in [0.717, 1.165) is 10.6 Å². The molecule has 0 radical (unpaired) electrons. The molecule has 1 aliphatic heterocycles. The summed E-state index contributed by atoms with van der Waals surface area (Å²) in [5, 5.41) is 19.3. The standard InChI is InChI=1S/C31H35N5O7S2/c1-18-15-36(19(2)17-37)31(39)24-7-6-8-25(33-29(38)22-9-11-23(12-10-22)30-32-13-14-44-30)27(24)42-26(18)16-35(5)45(40,41)28-20(3)34-43-21(28)4/h6-14,18-19,26,37H,15-17H2,1-5H3,(H,33,38)/t18-,19-,26-/m1/s1. The molecule has 3 heterocycles. The van der Waals surface area contributed by atoms with Crippen LogP contribution >= 0.6 is 11.3 Å². The number of nitrogens with one attached hydrogen (secondary N) is 1. The van der Waals surface area contributed by atoms with Crippen molar-refractivity contribution < 1.29 is 32.4 Å². The molecule has 14 heteroatoms. The summed E-state index contributed by atoms with van der Waals surface area (Å²) in [6.07, 6.45) is 0.965. The summed E-state index contributed by atoms with van der Waals surface area (Å²) in [5.74, 6) is -0.881. The summed E-state index contributed by atoms with van der Waals surface area (Å²) >= 11 is 1.49. The molecule has 238 valence electrons. The van der Waals surface area contributed by atoms with Crippen molar-refractivity contribution in [1.82, 2.24) is 19.3 Å². The number of anilines is 1. The molecule has 0 bridgehead atoms. The number of aryl methyl sites for hydroxylation is 2. The van der Waals surface area contributed by atoms with Crippen LogP contribution in [0.5, 0.6) is 5.75 Å². The van der Waals surface area contributed by atoms with Gasteiger partial charge >= 0.3 is 0 Å². The Morgan fingerprint density at radius 2 is 1.96 bits per heavy atom. The zero-order chi connectivity index (χ0) is 32.5. The van der Waals surface area contributed by atoms with Crippen LogP contribution in [-0.4, -0.2) is 83.6 Å². The molecule has 2 aromatic carbocycles. The normalized spacial score (nSPS) is 17.8. The maximum absolute atomic E-state index is 13.8. The predicted molar refractivity (Wildman–Crippen MR) is 169 cm³/mol. The fraction of sp³-hybridized carbons (Fsp3) is 0.355. The summed E-state index contributed by atoms with van der Waals surface area (Å²) in [6, 6.07) is 11.3. The molecule has 4 aromatic rings. The molecule has 1 aliphatic rings. The highest BCUT2D eigenvalue weighted by Gasteiger charge is 2.37. The third-order valence-corrected chi connectivity index (χ3v) is 10.7. The predicted octanol–water partition coefficient (Wildman–Crippen LogP) is 4.21. The van der Waals surface area contributed by atoms with Crippen LogP contribution in [0.2, 0.25) is 0 Å². The Balaban J connectivity index is 1.49. The second-order valence-electron chi connectivity index (χ2n) is 11.1. The third-order valence-electron chi connectivity index (χ3n) is 7.84. The molecule has 3 atom stereocenters. The molecule has 2 amide bonds. The second kappa shape index (κ2) is 13.1. The Morgan fingerprint density at radius 1 is 1.22 bits per heavy atom. The zero-order valence-corrected chi connectivity index (χ0v) is 27.2. The van der Waals surface area contributed by atoms with Gasteiger partial charge in [-0.25, -0.2) is 13.4 Å². The molecule has 45 heavy (non-hydrogen) atoms. The lowest BCUT2D eigenvalue weighted by atomic mass is 9.99. The number of benzene rings is 2. The number of carbonyl (C=O) groups excluding carboxylic acids is 2. The number of nitrogens with zero attached hydrogens (tertiary/aromatic N) is 4. The lowest BCUT2D eigenvalue weighted by Crippen LogP contribution is -2.50. The molecule has 0 spiro atoms. The fourth-order valence-electron chi connectivity index (χ4n) is 5.23. The number of hydrogen-bond acceptors (Lipinski definition) is 10. The second-order valence-corrected chi connectivity index (χ2v) is 14.0. The Labute approximate surface area is 265 Å². The summed E-state index contributed by atoms with van der Waals surface area (Å²) in [5.41, 5.74) is 1.94. The minimum Gasteiger partial charge on any atom is -0.486 e. The van der Waals surface area contributed by atoms with Crippen molar-refractivity contribution in [2.45, 2.75) is 44.7 Å². The van der Waals surface area contributed by atoms with E-state index in [4.69, 9.17) is 9.26 Å². The number of rotatable bonds is 9. The molecular weight excluding hydrogens is 619 g/mol. The minimum atomic E-state index is -4.01. The van der Waals surface area contributed by atoms with Gasteiger partial charge in [-0.15, -0.1) is 11.3 Å². The van der Waals surface area contributed by atoms with Gasteiger partial charge in [0.2, 0.25) is 10.0 Å². The van der Waals surface area contributed by atoms with Crippen molar-refractivity contribution in [2.24, 2.45) is 5.92 Å². The van der Waals surface area contributed by atoms with Crippen molar-refractivity contribution in [3.63, 3.8) is 0 Å². The average Bonchev–Trinajstić information content (AvgIpc) is 3.68. The lowest BCUT2D eigenvalue weighted by Gasteiger charge is -2.38. The summed E-state index contributed by atoms with van der Waals surface area (Å²) in [6.45, 7) is 6.53. The first-order chi connectivity index (χ1) is 21.4. The smallest absolute Gasteiger partial charge is 0.258 e. The summed E-state index contributed by atoms with van der Waals surface area (Å²) in [4.78, 5) is 33.0. The van der Waals surface area contributed by atoms with Crippen LogP contribution in [0.4, 0.5) is 5.69 Å². The van der Waals surface area contributed by atoms with Crippen molar-refractivity contribution in [2.75, 3.05) is 32.1 Å². The fourth-order valence-corrected chi connectivity index (χ4v) is 7.35. The maximum Gasteiger partial charge on any atom is 0.258 e. The highest BCUT2D eigenvalue weighted by molar-refractivity contribution is 7.89. The number of thiazole rings is 1. The number of ether oxygens (including phenoxy) is 1. The number of para-hydroxylation sites is 1. The highest BCUT2D eigenvalue weighted by atomic mass is 32.2. The first-order valence-corrected chi connectivity index (χ1v) is 16.7. The van der Waals surface area contributed by atoms with Gasteiger partial charge in [0.1, 0.15) is 21.7 Å². The molecule has 0 fully saturated rings. The number of aromatic nitrogens is 2. The van der Waals surface area contributed by atoms with Gasteiger partial charge in [0.25, 0.3) is 11.8 Å². The van der Waals surface area contributed by atoms with E-state index in [-0.39, 0.29) is 64.9 Å². The van der Waals surface area contributed by atoms with E-state index < -0.39 is 28.1 Å². The van der Waals surface area contributed by atoms with Crippen LogP contribution in [0.15, 0.2) is 63.5 Å². The maximum atomic E-state index is 13.8. The van der Waals surface area contributed by atoms with Crippen molar-refractivity contribution in [3.8, 4) is 16.3 Å². The monoisotopic (exact) mass is 653 g/mol. The molecule has 0 saturated heterocycles. The van der Waals surface area contributed by atoms with Crippen LogP contribution in [0.3, 0.4) is 0 Å². The summed E-state index contributed by atoms with van der Waals surface area (Å²) in [7, 11) is -2.56. The number of aliphatic hydroxyl groups is 1. The van der Waals surface area contributed by atoms with Crippen molar-refractivity contribution >= 4 is 38.9 Å². The highest BCUT2D eigenvalue weighted by Crippen LogP contribution is 2.36. The number of fused-ring (bicyclic) bond motifs is 1. The van der Waals surface area contributed by atoms with E-state index in [1.807, 2.05) is 24.4 Å². The van der Waals surface area contributed by atoms with Crippen LogP contribution < -0.4 is 10.1 Å². The van der Waals surface area contributed by atoms with Gasteiger partial charge in [0.05, 0.1) is 30.4 Å². The van der Waals surface area contributed by atoms with E-state index in [1.165, 1.54) is 29.6 Å². The van der Waals surface area contributed by atoms with E-state index in [1.54, 1.807) is 55.3 Å². The number of carbonyl (C=O) groups is 2. The van der Waals surface area contributed by atoms with Gasteiger partial charge in [0, 0.05) is 42.2 Å². The molecule has 12 nitrogen and oxygen atoms in total. The quantitative estimate of drug-likeness (QED) is 0.270. The van der Waals surface area contributed by atoms with E-state index in [9.17, 15) is 23.1 Å². The van der Waals surface area contributed by atoms with E-state index in [0.29, 0.717) is 5.56 Å². The van der Waals surface area contributed by atoms with Crippen LogP contribution in [-0.2, 0) is 10.0 Å². The Kier molecular flexibility index (Phi) is 9.39. The Hall–Kier alpha value is -4.11. The van der Waals surface area contributed by atoms with Gasteiger partial charge in [-0.2, -0.15) is 4.31 Å². The largest absolute Gasteiger partial charge is 0.486 e. The molecule has 2 aromatic heterocycles. The van der Waals surface area contributed by atoms with Crippen LogP contribution in [0.1, 0.15) is 46.0 Å². The average molecular weight is 654 g/mol. The number of aliphatic hydroxyl groups excluding tert-OH is 1. The number of likely N-dealkylation sites (N-methyl/N-ethyl adjacent to an activating group) is 1. The van der Waals surface area contributed by atoms with Gasteiger partial charge in [0.15, 0.2) is 11.5 Å². The van der Waals surface area contributed by atoms with Gasteiger partial charge in [-0.1, -0.05) is 30.3 Å². The Bertz CT molecular complexity index is 1770.